The minimum absolute atomic E-state index is 0.845. The van der Waals surface area contributed by atoms with E-state index in [2.05, 4.69) is 21.6 Å². The molecule has 0 aliphatic heterocycles. The SMILES string of the molecule is [c]1ccccc1-n1cnnn1. The topological polar surface area (TPSA) is 43.6 Å². The molecule has 4 nitrogen and oxygen atoms in total. The molecule has 0 saturated heterocycles. The van der Waals surface area contributed by atoms with Crippen LogP contribution in [0.25, 0.3) is 5.69 Å². The third-order valence-electron chi connectivity index (χ3n) is 1.29. The molecule has 1 heterocycles. The lowest BCUT2D eigenvalue weighted by atomic mass is 10.3. The lowest BCUT2D eigenvalue weighted by Gasteiger charge is -1.94. The van der Waals surface area contributed by atoms with Crippen molar-refractivity contribution in [1.29, 1.82) is 0 Å². The van der Waals surface area contributed by atoms with E-state index in [1.807, 2.05) is 24.3 Å². The van der Waals surface area contributed by atoms with Gasteiger partial charge in [-0.05, 0) is 16.5 Å². The molecule has 0 aliphatic rings. The van der Waals surface area contributed by atoms with Crippen LogP contribution in [0.2, 0.25) is 0 Å². The Morgan fingerprint density at radius 1 is 1.36 bits per heavy atom. The molecule has 0 spiro atoms. The summed E-state index contributed by atoms with van der Waals surface area (Å²) >= 11 is 0. The lowest BCUT2D eigenvalue weighted by molar-refractivity contribution is 0.788. The summed E-state index contributed by atoms with van der Waals surface area (Å²) in [6, 6.07) is 10.5. The van der Waals surface area contributed by atoms with Gasteiger partial charge in [0.1, 0.15) is 6.33 Å². The molecule has 0 amide bonds. The van der Waals surface area contributed by atoms with E-state index in [-0.39, 0.29) is 0 Å². The highest BCUT2D eigenvalue weighted by atomic mass is 15.5. The van der Waals surface area contributed by atoms with Crippen LogP contribution in [-0.4, -0.2) is 20.2 Å². The van der Waals surface area contributed by atoms with E-state index in [9.17, 15) is 0 Å². The molecule has 0 N–H and O–H groups in total. The third kappa shape index (κ3) is 1.10. The van der Waals surface area contributed by atoms with Crippen LogP contribution in [0.5, 0.6) is 0 Å². The van der Waals surface area contributed by atoms with Gasteiger partial charge in [0.15, 0.2) is 0 Å². The number of benzene rings is 1. The zero-order valence-electron chi connectivity index (χ0n) is 5.68. The predicted molar refractivity (Wildman–Crippen MR) is 38.0 cm³/mol. The summed E-state index contributed by atoms with van der Waals surface area (Å²) in [5.41, 5.74) is 0.845. The fourth-order valence-electron chi connectivity index (χ4n) is 0.798. The van der Waals surface area contributed by atoms with E-state index in [0.29, 0.717) is 0 Å². The van der Waals surface area contributed by atoms with Crippen molar-refractivity contribution in [3.8, 4) is 5.69 Å². The molecule has 0 fully saturated rings. The van der Waals surface area contributed by atoms with Crippen LogP contribution in [0.15, 0.2) is 30.6 Å². The maximum absolute atomic E-state index is 3.71. The Balaban J connectivity index is 2.46. The summed E-state index contributed by atoms with van der Waals surface area (Å²) in [5.74, 6) is 0. The van der Waals surface area contributed by atoms with Crippen molar-refractivity contribution >= 4 is 0 Å². The number of tetrazole rings is 1. The van der Waals surface area contributed by atoms with Gasteiger partial charge in [-0.2, -0.15) is 4.68 Å². The molecule has 0 saturated carbocycles. The van der Waals surface area contributed by atoms with Crippen molar-refractivity contribution in [3.63, 3.8) is 0 Å². The molecule has 1 aromatic heterocycles. The number of hydrogen-bond donors (Lipinski definition) is 0. The van der Waals surface area contributed by atoms with Crippen LogP contribution >= 0.6 is 0 Å². The predicted octanol–water partition coefficient (Wildman–Crippen LogP) is 0.462. The molecule has 0 unspecified atom stereocenters. The Kier molecular flexibility index (Phi) is 1.37. The van der Waals surface area contributed by atoms with Crippen LogP contribution in [0.4, 0.5) is 0 Å². The maximum Gasteiger partial charge on any atom is 0.143 e. The molecule has 1 aromatic carbocycles. The average Bonchev–Trinajstić information content (AvgIpc) is 2.58. The van der Waals surface area contributed by atoms with Gasteiger partial charge in [0.05, 0.1) is 5.69 Å². The van der Waals surface area contributed by atoms with Gasteiger partial charge in [0.2, 0.25) is 0 Å². The van der Waals surface area contributed by atoms with Crippen LogP contribution in [-0.2, 0) is 0 Å². The summed E-state index contributed by atoms with van der Waals surface area (Å²) in [5, 5.41) is 10.7. The van der Waals surface area contributed by atoms with E-state index in [1.54, 1.807) is 4.68 Å². The first-order valence-electron chi connectivity index (χ1n) is 3.17. The Hall–Kier alpha value is -1.71. The molecular weight excluding hydrogens is 140 g/mol. The van der Waals surface area contributed by atoms with Crippen molar-refractivity contribution in [1.82, 2.24) is 20.2 Å². The Bertz CT molecular complexity index is 313. The smallest absolute Gasteiger partial charge is 0.143 e. The molecule has 1 radical (unpaired) electrons. The Morgan fingerprint density at radius 2 is 2.36 bits per heavy atom. The summed E-state index contributed by atoms with van der Waals surface area (Å²) in [7, 11) is 0. The molecule has 4 heteroatoms. The van der Waals surface area contributed by atoms with Gasteiger partial charge < -0.3 is 0 Å². The van der Waals surface area contributed by atoms with Gasteiger partial charge in [-0.1, -0.05) is 18.2 Å². The monoisotopic (exact) mass is 145 g/mol. The van der Waals surface area contributed by atoms with E-state index >= 15 is 0 Å². The highest BCUT2D eigenvalue weighted by Gasteiger charge is 1.93. The van der Waals surface area contributed by atoms with Crippen molar-refractivity contribution in [2.24, 2.45) is 0 Å². The molecule has 0 atom stereocenters. The van der Waals surface area contributed by atoms with Gasteiger partial charge >= 0.3 is 0 Å². The quantitative estimate of drug-likeness (QED) is 0.585. The van der Waals surface area contributed by atoms with Gasteiger partial charge in [-0.15, -0.1) is 5.10 Å². The number of aromatic nitrogens is 4. The third-order valence-corrected chi connectivity index (χ3v) is 1.29. The van der Waals surface area contributed by atoms with Gasteiger partial charge in [0.25, 0.3) is 0 Å². The first-order valence-corrected chi connectivity index (χ1v) is 3.17. The second-order valence-electron chi connectivity index (χ2n) is 2.00. The molecule has 2 rings (SSSR count). The number of rotatable bonds is 1. The van der Waals surface area contributed by atoms with Crippen LogP contribution in [0.1, 0.15) is 0 Å². The Labute approximate surface area is 63.5 Å². The van der Waals surface area contributed by atoms with Crippen molar-refractivity contribution < 1.29 is 0 Å². The summed E-state index contributed by atoms with van der Waals surface area (Å²) < 4.78 is 1.56. The van der Waals surface area contributed by atoms with E-state index in [4.69, 9.17) is 0 Å². The summed E-state index contributed by atoms with van der Waals surface area (Å²) in [6.45, 7) is 0. The first-order chi connectivity index (χ1) is 5.47. The molecule has 0 bridgehead atoms. The molecule has 0 aliphatic carbocycles. The zero-order valence-corrected chi connectivity index (χ0v) is 5.68. The van der Waals surface area contributed by atoms with Gasteiger partial charge in [-0.25, -0.2) is 0 Å². The van der Waals surface area contributed by atoms with E-state index in [1.165, 1.54) is 6.33 Å². The highest BCUT2D eigenvalue weighted by Crippen LogP contribution is 2.00. The highest BCUT2D eigenvalue weighted by molar-refractivity contribution is 5.27. The molecule has 53 valence electrons. The molecule has 11 heavy (non-hydrogen) atoms. The summed E-state index contributed by atoms with van der Waals surface area (Å²) in [4.78, 5) is 0. The second kappa shape index (κ2) is 2.49. The number of para-hydroxylation sites is 1. The number of hydrogen-bond acceptors (Lipinski definition) is 3. The zero-order chi connectivity index (χ0) is 7.52. The normalized spacial score (nSPS) is 9.82. The van der Waals surface area contributed by atoms with Crippen LogP contribution in [0, 0.1) is 6.07 Å². The Morgan fingerprint density at radius 3 is 3.00 bits per heavy atom. The van der Waals surface area contributed by atoms with Crippen LogP contribution < -0.4 is 0 Å². The lowest BCUT2D eigenvalue weighted by Crippen LogP contribution is -1.93. The van der Waals surface area contributed by atoms with Gasteiger partial charge in [0, 0.05) is 6.07 Å². The second-order valence-corrected chi connectivity index (χ2v) is 2.00. The van der Waals surface area contributed by atoms with Crippen molar-refractivity contribution in [2.75, 3.05) is 0 Å². The molecular formula is C7H5N4. The first kappa shape index (κ1) is 6.03. The average molecular weight is 145 g/mol. The van der Waals surface area contributed by atoms with Crippen LogP contribution in [0.3, 0.4) is 0 Å². The van der Waals surface area contributed by atoms with E-state index in [0.717, 1.165) is 5.69 Å². The summed E-state index contributed by atoms with van der Waals surface area (Å²) in [6.07, 6.45) is 1.53. The molecule has 2 aromatic rings. The largest absolute Gasteiger partial charge is 0.200 e. The van der Waals surface area contributed by atoms with Crippen molar-refractivity contribution in [2.45, 2.75) is 0 Å². The fourth-order valence-corrected chi connectivity index (χ4v) is 0.798. The van der Waals surface area contributed by atoms with Gasteiger partial charge in [-0.3, -0.25) is 0 Å². The minimum atomic E-state index is 0.845. The van der Waals surface area contributed by atoms with Crippen molar-refractivity contribution in [3.05, 3.63) is 36.7 Å². The number of nitrogens with zero attached hydrogens (tertiary/aromatic N) is 4. The maximum atomic E-state index is 3.71. The minimum Gasteiger partial charge on any atom is -0.200 e. The van der Waals surface area contributed by atoms with E-state index < -0.39 is 0 Å². The standard InChI is InChI=1S/C7H5N4/c1-2-4-7(5-3-1)11-6-8-9-10-11/h1-4,6H. The fraction of sp³-hybridized carbons (Fsp3) is 0.